The van der Waals surface area contributed by atoms with Gasteiger partial charge >= 0.3 is 5.97 Å². The Kier molecular flexibility index (Phi) is 4.18. The van der Waals surface area contributed by atoms with Gasteiger partial charge < -0.3 is 14.7 Å². The van der Waals surface area contributed by atoms with Crippen molar-refractivity contribution in [1.29, 1.82) is 0 Å². The smallest absolute Gasteiger partial charge is 0.308 e. The zero-order valence-electron chi connectivity index (χ0n) is 12.3. The van der Waals surface area contributed by atoms with Crippen LogP contribution in [-0.4, -0.2) is 44.9 Å². The molecule has 3 rings (SSSR count). The maximum Gasteiger partial charge on any atom is 0.308 e. The summed E-state index contributed by atoms with van der Waals surface area (Å²) < 4.78 is 5.55. The molecule has 0 bridgehead atoms. The molecule has 7 heteroatoms. The van der Waals surface area contributed by atoms with Crippen molar-refractivity contribution in [1.82, 2.24) is 14.9 Å². The Labute approximate surface area is 132 Å². The average Bonchev–Trinajstić information content (AvgIpc) is 3.06. The fraction of sp³-hybridized carbons (Fsp3) is 0.250. The van der Waals surface area contributed by atoms with E-state index in [2.05, 4.69) is 9.97 Å². The summed E-state index contributed by atoms with van der Waals surface area (Å²) in [5.41, 5.74) is 0.456. The van der Waals surface area contributed by atoms with Crippen molar-refractivity contribution in [3.05, 3.63) is 48.4 Å². The molecule has 118 valence electrons. The van der Waals surface area contributed by atoms with Gasteiger partial charge in [0.05, 0.1) is 12.1 Å². The Hall–Kier alpha value is -2.96. The van der Waals surface area contributed by atoms with Gasteiger partial charge in [-0.3, -0.25) is 14.6 Å². The zero-order valence-corrected chi connectivity index (χ0v) is 12.3. The summed E-state index contributed by atoms with van der Waals surface area (Å²) >= 11 is 0. The number of carbonyl (C=O) groups excluding carboxylic acids is 1. The number of nitrogens with zero attached hydrogens (tertiary/aromatic N) is 3. The second-order valence-electron chi connectivity index (χ2n) is 5.25. The number of ether oxygens (including phenoxy) is 1. The molecule has 0 radical (unpaired) electrons. The van der Waals surface area contributed by atoms with E-state index in [9.17, 15) is 9.59 Å². The number of hydrogen-bond acceptors (Lipinski definition) is 5. The quantitative estimate of drug-likeness (QED) is 0.925. The van der Waals surface area contributed by atoms with Crippen LogP contribution in [-0.2, 0) is 4.79 Å². The van der Waals surface area contributed by atoms with Crippen LogP contribution in [0, 0.1) is 5.92 Å². The van der Waals surface area contributed by atoms with Gasteiger partial charge in [-0.2, -0.15) is 0 Å². The first kappa shape index (κ1) is 15.0. The molecule has 1 aliphatic heterocycles. The van der Waals surface area contributed by atoms with Gasteiger partial charge in [-0.05, 0) is 24.6 Å². The molecule has 0 aliphatic carbocycles. The SMILES string of the molecule is O=C(O)C1CCN(C(=O)c2cccc(Oc3cnccn3)c2)C1. The van der Waals surface area contributed by atoms with Gasteiger partial charge in [-0.25, -0.2) is 4.98 Å². The molecule has 1 fully saturated rings. The molecule has 1 N–H and O–H groups in total. The number of amides is 1. The minimum Gasteiger partial charge on any atom is -0.481 e. The van der Waals surface area contributed by atoms with Crippen molar-refractivity contribution in [2.75, 3.05) is 13.1 Å². The summed E-state index contributed by atoms with van der Waals surface area (Å²) in [5, 5.41) is 9.02. The van der Waals surface area contributed by atoms with E-state index < -0.39 is 11.9 Å². The first-order valence-corrected chi connectivity index (χ1v) is 7.19. The maximum atomic E-state index is 12.5. The topological polar surface area (TPSA) is 92.6 Å². The van der Waals surface area contributed by atoms with E-state index in [1.54, 1.807) is 35.4 Å². The van der Waals surface area contributed by atoms with Crippen molar-refractivity contribution in [3.8, 4) is 11.6 Å². The summed E-state index contributed by atoms with van der Waals surface area (Å²) in [5.74, 6) is -0.731. The molecule has 1 saturated heterocycles. The molecule has 23 heavy (non-hydrogen) atoms. The summed E-state index contributed by atoms with van der Waals surface area (Å²) in [4.78, 5) is 32.9. The zero-order chi connectivity index (χ0) is 16.2. The van der Waals surface area contributed by atoms with Gasteiger partial charge in [0.25, 0.3) is 5.91 Å². The predicted octanol–water partition coefficient (Wildman–Crippen LogP) is 1.82. The van der Waals surface area contributed by atoms with E-state index in [0.29, 0.717) is 30.2 Å². The number of carboxylic acid groups (broad SMARTS) is 1. The van der Waals surface area contributed by atoms with Crippen molar-refractivity contribution >= 4 is 11.9 Å². The summed E-state index contributed by atoms with van der Waals surface area (Å²) in [7, 11) is 0. The van der Waals surface area contributed by atoms with Crippen LogP contribution in [0.2, 0.25) is 0 Å². The first-order valence-electron chi connectivity index (χ1n) is 7.19. The minimum absolute atomic E-state index is 0.196. The molecular formula is C16H15N3O4. The molecule has 2 aromatic rings. The Bertz CT molecular complexity index is 720. The Morgan fingerprint density at radius 1 is 1.30 bits per heavy atom. The molecule has 1 atom stereocenters. The number of hydrogen-bond donors (Lipinski definition) is 1. The van der Waals surface area contributed by atoms with Crippen LogP contribution >= 0.6 is 0 Å². The van der Waals surface area contributed by atoms with E-state index in [0.717, 1.165) is 0 Å². The van der Waals surface area contributed by atoms with E-state index >= 15 is 0 Å². The van der Waals surface area contributed by atoms with Crippen molar-refractivity contribution in [2.45, 2.75) is 6.42 Å². The van der Waals surface area contributed by atoms with Crippen molar-refractivity contribution < 1.29 is 19.4 Å². The van der Waals surface area contributed by atoms with Crippen LogP contribution in [0.1, 0.15) is 16.8 Å². The lowest BCUT2D eigenvalue weighted by Gasteiger charge is -2.16. The highest BCUT2D eigenvalue weighted by Crippen LogP contribution is 2.23. The minimum atomic E-state index is -0.861. The normalized spacial score (nSPS) is 17.0. The summed E-state index contributed by atoms with van der Waals surface area (Å²) in [6, 6.07) is 6.73. The van der Waals surface area contributed by atoms with Gasteiger partial charge in [0.1, 0.15) is 5.75 Å². The van der Waals surface area contributed by atoms with Gasteiger partial charge in [0.2, 0.25) is 5.88 Å². The molecule has 1 aromatic heterocycles. The van der Waals surface area contributed by atoms with E-state index in [4.69, 9.17) is 9.84 Å². The largest absolute Gasteiger partial charge is 0.481 e. The van der Waals surface area contributed by atoms with Gasteiger partial charge in [0.15, 0.2) is 0 Å². The van der Waals surface area contributed by atoms with Crippen LogP contribution in [0.25, 0.3) is 0 Å². The van der Waals surface area contributed by atoms with Crippen LogP contribution < -0.4 is 4.74 Å². The maximum absolute atomic E-state index is 12.5. The van der Waals surface area contributed by atoms with Gasteiger partial charge in [-0.1, -0.05) is 6.07 Å². The molecule has 1 unspecified atom stereocenters. The third-order valence-electron chi connectivity index (χ3n) is 3.67. The number of rotatable bonds is 4. The molecular weight excluding hydrogens is 298 g/mol. The van der Waals surface area contributed by atoms with Crippen LogP contribution in [0.5, 0.6) is 11.6 Å². The number of likely N-dealkylation sites (tertiary alicyclic amines) is 1. The van der Waals surface area contributed by atoms with Crippen molar-refractivity contribution in [3.63, 3.8) is 0 Å². The third kappa shape index (κ3) is 3.45. The number of carbonyl (C=O) groups is 2. The monoisotopic (exact) mass is 313 g/mol. The second kappa shape index (κ2) is 6.43. The van der Waals surface area contributed by atoms with E-state index in [-0.39, 0.29) is 12.5 Å². The van der Waals surface area contributed by atoms with E-state index in [1.165, 1.54) is 12.4 Å². The molecule has 0 spiro atoms. The summed E-state index contributed by atoms with van der Waals surface area (Å²) in [6.07, 6.45) is 5.02. The van der Waals surface area contributed by atoms with E-state index in [1.807, 2.05) is 0 Å². The molecule has 1 aliphatic rings. The summed E-state index contributed by atoms with van der Waals surface area (Å²) in [6.45, 7) is 0.689. The molecule has 1 amide bonds. The van der Waals surface area contributed by atoms with Gasteiger partial charge in [-0.15, -0.1) is 0 Å². The van der Waals surface area contributed by atoms with Crippen LogP contribution in [0.3, 0.4) is 0 Å². The van der Waals surface area contributed by atoms with Crippen molar-refractivity contribution in [2.24, 2.45) is 5.92 Å². The number of aromatic nitrogens is 2. The number of aliphatic carboxylic acids is 1. The highest BCUT2D eigenvalue weighted by Gasteiger charge is 2.31. The fourth-order valence-corrected chi connectivity index (χ4v) is 2.48. The van der Waals surface area contributed by atoms with Crippen LogP contribution in [0.15, 0.2) is 42.9 Å². The van der Waals surface area contributed by atoms with Gasteiger partial charge in [0, 0.05) is 31.0 Å². The Morgan fingerprint density at radius 2 is 2.17 bits per heavy atom. The second-order valence-corrected chi connectivity index (χ2v) is 5.25. The standard InChI is InChI=1S/C16H15N3O4/c20-15(19-7-4-12(10-19)16(21)22)11-2-1-3-13(8-11)23-14-9-17-5-6-18-14/h1-3,5-6,8-9,12H,4,7,10H2,(H,21,22). The lowest BCUT2D eigenvalue weighted by atomic mass is 10.1. The Balaban J connectivity index is 1.72. The lowest BCUT2D eigenvalue weighted by Crippen LogP contribution is -2.29. The number of carboxylic acids is 1. The lowest BCUT2D eigenvalue weighted by molar-refractivity contribution is -0.141. The number of benzene rings is 1. The predicted molar refractivity (Wildman–Crippen MR) is 80.2 cm³/mol. The fourth-order valence-electron chi connectivity index (χ4n) is 2.48. The molecule has 1 aromatic carbocycles. The molecule has 7 nitrogen and oxygen atoms in total. The molecule has 2 heterocycles. The third-order valence-corrected chi connectivity index (χ3v) is 3.67. The average molecular weight is 313 g/mol. The first-order chi connectivity index (χ1) is 11.1. The molecule has 0 saturated carbocycles. The highest BCUT2D eigenvalue weighted by molar-refractivity contribution is 5.95. The van der Waals surface area contributed by atoms with Crippen LogP contribution in [0.4, 0.5) is 0 Å². The Morgan fingerprint density at radius 3 is 2.87 bits per heavy atom. The highest BCUT2D eigenvalue weighted by atomic mass is 16.5.